The third kappa shape index (κ3) is 10.5. The van der Waals surface area contributed by atoms with E-state index in [9.17, 15) is 19.2 Å². The molecule has 40 heavy (non-hydrogen) atoms. The maximum Gasteiger partial charge on any atom is 0.339 e. The monoisotopic (exact) mass is 556 g/mol. The van der Waals surface area contributed by atoms with Crippen LogP contribution in [0.3, 0.4) is 0 Å². The van der Waals surface area contributed by atoms with E-state index in [0.29, 0.717) is 36.1 Å². The van der Waals surface area contributed by atoms with Crippen LogP contribution in [0.4, 0.5) is 0 Å². The highest BCUT2D eigenvalue weighted by Gasteiger charge is 2.16. The fourth-order valence-electron chi connectivity index (χ4n) is 3.05. The van der Waals surface area contributed by atoms with Crippen LogP contribution < -0.4 is 19.8 Å². The number of benzene rings is 1. The molecule has 0 spiro atoms. The molecule has 0 fully saturated rings. The van der Waals surface area contributed by atoms with Crippen molar-refractivity contribution < 1.29 is 47.2 Å². The Labute approximate surface area is 231 Å². The number of hydrogen-bond donors (Lipinski definition) is 0. The molecule has 0 saturated heterocycles. The molecule has 11 heteroatoms. The van der Waals surface area contributed by atoms with Crippen molar-refractivity contribution in [1.82, 2.24) is 0 Å². The summed E-state index contributed by atoms with van der Waals surface area (Å²) >= 11 is 0. The SMILES string of the molecule is C=CC(=C)C(=O)OCCCOc1cc(OCCCOC(=O)C=C)cc2oc(=O)cc(OCCCOC(=O)C=C)c12. The highest BCUT2D eigenvalue weighted by molar-refractivity contribution is 5.91. The molecule has 0 radical (unpaired) electrons. The smallest absolute Gasteiger partial charge is 0.339 e. The van der Waals surface area contributed by atoms with Crippen molar-refractivity contribution in [1.29, 1.82) is 0 Å². The molecule has 1 aromatic heterocycles. The lowest BCUT2D eigenvalue weighted by molar-refractivity contribution is -0.139. The summed E-state index contributed by atoms with van der Waals surface area (Å²) in [5.74, 6) is -0.827. The molecule has 0 aliphatic heterocycles. The van der Waals surface area contributed by atoms with Gasteiger partial charge < -0.3 is 32.8 Å². The molecule has 0 aliphatic carbocycles. The first-order valence-corrected chi connectivity index (χ1v) is 12.4. The number of hydrogen-bond acceptors (Lipinski definition) is 11. The lowest BCUT2D eigenvalue weighted by Crippen LogP contribution is -2.11. The Kier molecular flexibility index (Phi) is 13.3. The van der Waals surface area contributed by atoms with Crippen molar-refractivity contribution in [2.45, 2.75) is 19.3 Å². The zero-order valence-electron chi connectivity index (χ0n) is 22.1. The maximum atomic E-state index is 12.3. The average molecular weight is 557 g/mol. The van der Waals surface area contributed by atoms with E-state index < -0.39 is 23.5 Å². The first-order chi connectivity index (χ1) is 19.3. The number of rotatable bonds is 19. The molecule has 214 valence electrons. The molecule has 0 atom stereocenters. The summed E-state index contributed by atoms with van der Waals surface area (Å²) in [4.78, 5) is 46.4. The van der Waals surface area contributed by atoms with Gasteiger partial charge in [0.1, 0.15) is 28.2 Å². The zero-order valence-corrected chi connectivity index (χ0v) is 22.1. The second-order valence-corrected chi connectivity index (χ2v) is 7.94. The van der Waals surface area contributed by atoms with Gasteiger partial charge in [0.05, 0.1) is 51.3 Å². The number of ether oxygens (including phenoxy) is 6. The summed E-state index contributed by atoms with van der Waals surface area (Å²) in [6, 6.07) is 4.30. The van der Waals surface area contributed by atoms with Gasteiger partial charge >= 0.3 is 23.5 Å². The summed E-state index contributed by atoms with van der Waals surface area (Å²) in [5.41, 5.74) is -0.360. The van der Waals surface area contributed by atoms with E-state index in [1.165, 1.54) is 18.2 Å². The molecule has 1 heterocycles. The van der Waals surface area contributed by atoms with Crippen LogP contribution in [0.15, 0.2) is 77.5 Å². The van der Waals surface area contributed by atoms with Gasteiger partial charge in [-0.15, -0.1) is 0 Å². The largest absolute Gasteiger partial charge is 0.493 e. The molecule has 0 saturated carbocycles. The average Bonchev–Trinajstić information content (AvgIpc) is 2.95. The van der Waals surface area contributed by atoms with Gasteiger partial charge in [-0.3, -0.25) is 0 Å². The number of carbonyl (C=O) groups is 3. The number of esters is 3. The highest BCUT2D eigenvalue weighted by Crippen LogP contribution is 2.37. The van der Waals surface area contributed by atoms with E-state index in [4.69, 9.17) is 32.8 Å². The van der Waals surface area contributed by atoms with Gasteiger partial charge in [0.15, 0.2) is 0 Å². The molecule has 0 unspecified atom stereocenters. The molecule has 0 amide bonds. The molecular weight excluding hydrogens is 524 g/mol. The molecule has 2 aromatic rings. The molecule has 0 aliphatic rings. The number of fused-ring (bicyclic) bond motifs is 1. The van der Waals surface area contributed by atoms with Crippen molar-refractivity contribution in [3.05, 3.63) is 78.7 Å². The quantitative estimate of drug-likeness (QED) is 0.0623. The number of carbonyl (C=O) groups excluding carboxylic acids is 3. The molecule has 0 bridgehead atoms. The third-order valence-corrected chi connectivity index (χ3v) is 4.96. The Bertz CT molecular complexity index is 1290. The molecule has 1 aromatic carbocycles. The van der Waals surface area contributed by atoms with Crippen LogP contribution in [0.1, 0.15) is 19.3 Å². The Morgan fingerprint density at radius 1 is 0.700 bits per heavy atom. The summed E-state index contributed by atoms with van der Waals surface area (Å²) in [6.07, 6.45) is 4.54. The minimum Gasteiger partial charge on any atom is -0.493 e. The van der Waals surface area contributed by atoms with E-state index in [2.05, 4.69) is 26.3 Å². The van der Waals surface area contributed by atoms with Gasteiger partial charge in [-0.05, 0) is 0 Å². The van der Waals surface area contributed by atoms with Crippen LogP contribution in [0.2, 0.25) is 0 Å². The normalized spacial score (nSPS) is 10.2. The van der Waals surface area contributed by atoms with Gasteiger partial charge in [0.25, 0.3) is 0 Å². The Morgan fingerprint density at radius 3 is 1.77 bits per heavy atom. The minimum absolute atomic E-state index is 0.0745. The van der Waals surface area contributed by atoms with Crippen molar-refractivity contribution in [3.8, 4) is 17.2 Å². The predicted molar refractivity (Wildman–Crippen MR) is 145 cm³/mol. The van der Waals surface area contributed by atoms with Crippen LogP contribution in [0.5, 0.6) is 17.2 Å². The third-order valence-electron chi connectivity index (χ3n) is 4.96. The summed E-state index contributed by atoms with van der Waals surface area (Å²) < 4.78 is 37.8. The lowest BCUT2D eigenvalue weighted by Gasteiger charge is -2.15. The summed E-state index contributed by atoms with van der Waals surface area (Å²) in [5, 5.41) is 0.381. The second-order valence-electron chi connectivity index (χ2n) is 7.94. The van der Waals surface area contributed by atoms with E-state index in [1.807, 2.05) is 0 Å². The Balaban J connectivity index is 2.17. The summed E-state index contributed by atoms with van der Waals surface area (Å²) in [7, 11) is 0. The Morgan fingerprint density at radius 2 is 1.23 bits per heavy atom. The maximum absolute atomic E-state index is 12.3. The van der Waals surface area contributed by atoms with Crippen LogP contribution >= 0.6 is 0 Å². The fourth-order valence-corrected chi connectivity index (χ4v) is 3.05. The summed E-state index contributed by atoms with van der Waals surface area (Å²) in [6.45, 7) is 14.4. The van der Waals surface area contributed by atoms with E-state index >= 15 is 0 Å². The fraction of sp³-hybridized carbons (Fsp3) is 0.310. The van der Waals surface area contributed by atoms with Crippen LogP contribution in [-0.2, 0) is 28.6 Å². The van der Waals surface area contributed by atoms with E-state index in [-0.39, 0.29) is 56.5 Å². The first kappa shape index (κ1) is 31.4. The van der Waals surface area contributed by atoms with E-state index in [0.717, 1.165) is 12.2 Å². The second kappa shape index (κ2) is 16.9. The van der Waals surface area contributed by atoms with E-state index in [1.54, 1.807) is 6.07 Å². The molecular formula is C29H32O11. The highest BCUT2D eigenvalue weighted by atomic mass is 16.5. The lowest BCUT2D eigenvalue weighted by atomic mass is 10.2. The minimum atomic E-state index is -0.658. The molecule has 2 rings (SSSR count). The molecule has 11 nitrogen and oxygen atoms in total. The van der Waals surface area contributed by atoms with Gasteiger partial charge in [-0.25, -0.2) is 19.2 Å². The predicted octanol–water partition coefficient (Wildman–Crippen LogP) is 3.84. The van der Waals surface area contributed by atoms with Crippen molar-refractivity contribution in [3.63, 3.8) is 0 Å². The Hall–Kier alpha value is -4.80. The standard InChI is InChI=1S/C29H32O11/c1-5-20(4)29(33)39-16-10-13-35-22-17-21(34-11-8-14-37-25(30)6-2)18-24-28(22)23(19-27(32)40-24)36-12-9-15-38-26(31)7-3/h5-7,17-19H,1-4,8-16H2. The van der Waals surface area contributed by atoms with Gasteiger partial charge in [-0.2, -0.15) is 0 Å². The van der Waals surface area contributed by atoms with Gasteiger partial charge in [0, 0.05) is 43.5 Å². The first-order valence-electron chi connectivity index (χ1n) is 12.4. The van der Waals surface area contributed by atoms with Gasteiger partial charge in [-0.1, -0.05) is 32.4 Å². The van der Waals surface area contributed by atoms with Gasteiger partial charge in [0.2, 0.25) is 0 Å². The van der Waals surface area contributed by atoms with Crippen LogP contribution in [0.25, 0.3) is 11.0 Å². The van der Waals surface area contributed by atoms with Crippen molar-refractivity contribution >= 4 is 28.9 Å². The van der Waals surface area contributed by atoms with Crippen molar-refractivity contribution in [2.75, 3.05) is 39.6 Å². The van der Waals surface area contributed by atoms with Crippen LogP contribution in [0, 0.1) is 0 Å². The van der Waals surface area contributed by atoms with Crippen LogP contribution in [-0.4, -0.2) is 57.5 Å². The zero-order chi connectivity index (χ0) is 29.3. The topological polar surface area (TPSA) is 137 Å². The van der Waals surface area contributed by atoms with Crippen molar-refractivity contribution in [2.24, 2.45) is 0 Å². The molecule has 0 N–H and O–H groups in total.